The molecule has 0 amide bonds. The summed E-state index contributed by atoms with van der Waals surface area (Å²) in [5.74, 6) is -1.28. The molecular formula is C8H8F6O6S2. The molecule has 130 valence electrons. The van der Waals surface area contributed by atoms with Crippen molar-refractivity contribution in [1.29, 1.82) is 0 Å². The van der Waals surface area contributed by atoms with Crippen LogP contribution >= 0.6 is 0 Å². The van der Waals surface area contributed by atoms with E-state index in [2.05, 4.69) is 11.3 Å². The zero-order valence-electron chi connectivity index (χ0n) is 10.3. The van der Waals surface area contributed by atoms with Gasteiger partial charge in [-0.15, -0.1) is 0 Å². The van der Waals surface area contributed by atoms with E-state index in [9.17, 15) is 48.0 Å². The first-order chi connectivity index (χ1) is 9.59. The van der Waals surface area contributed by atoms with Crippen LogP contribution in [0.4, 0.5) is 26.3 Å². The van der Waals surface area contributed by atoms with E-state index < -0.39 is 54.3 Å². The standard InChI is InChI=1S/C8H8F6O6S2/c1-2-5(15)20-4-3-6(21(16,17)7(9,10)11)22(18,19)8(12,13)14/h2,6H,1,3-4H2. The third kappa shape index (κ3) is 4.34. The summed E-state index contributed by atoms with van der Waals surface area (Å²) >= 11 is 0. The van der Waals surface area contributed by atoms with E-state index in [4.69, 9.17) is 0 Å². The quantitative estimate of drug-likeness (QED) is 0.393. The minimum Gasteiger partial charge on any atom is -0.462 e. The van der Waals surface area contributed by atoms with E-state index in [0.29, 0.717) is 6.08 Å². The fourth-order valence-electron chi connectivity index (χ4n) is 1.09. The van der Waals surface area contributed by atoms with Gasteiger partial charge in [0.15, 0.2) is 4.58 Å². The van der Waals surface area contributed by atoms with Crippen molar-refractivity contribution >= 4 is 25.6 Å². The van der Waals surface area contributed by atoms with Crippen molar-refractivity contribution in [3.63, 3.8) is 0 Å². The van der Waals surface area contributed by atoms with Gasteiger partial charge in [-0.2, -0.15) is 26.3 Å². The highest BCUT2D eigenvalue weighted by Crippen LogP contribution is 2.37. The zero-order chi connectivity index (χ0) is 18.0. The molecule has 0 heterocycles. The number of hydrogen-bond acceptors (Lipinski definition) is 6. The van der Waals surface area contributed by atoms with Crippen LogP contribution in [0.2, 0.25) is 0 Å². The molecule has 0 saturated heterocycles. The smallest absolute Gasteiger partial charge is 0.462 e. The van der Waals surface area contributed by atoms with Crippen molar-refractivity contribution in [3.8, 4) is 0 Å². The summed E-state index contributed by atoms with van der Waals surface area (Å²) in [6.45, 7) is 1.56. The molecule has 0 fully saturated rings. The molecule has 0 N–H and O–H groups in total. The third-order valence-electron chi connectivity index (χ3n) is 2.10. The van der Waals surface area contributed by atoms with Crippen LogP contribution in [0.3, 0.4) is 0 Å². The van der Waals surface area contributed by atoms with Crippen LogP contribution in [0, 0.1) is 0 Å². The van der Waals surface area contributed by atoms with Gasteiger partial charge >= 0.3 is 17.0 Å². The van der Waals surface area contributed by atoms with Gasteiger partial charge in [0.05, 0.1) is 6.61 Å². The van der Waals surface area contributed by atoms with Crippen molar-refractivity contribution < 1.29 is 52.7 Å². The second-order valence-corrected chi connectivity index (χ2v) is 8.11. The largest absolute Gasteiger partial charge is 0.498 e. The molecule has 0 saturated carbocycles. The van der Waals surface area contributed by atoms with Crippen LogP contribution in [0.1, 0.15) is 6.42 Å². The Morgan fingerprint density at radius 3 is 1.64 bits per heavy atom. The Morgan fingerprint density at radius 1 is 1.00 bits per heavy atom. The van der Waals surface area contributed by atoms with Crippen LogP contribution in [0.5, 0.6) is 0 Å². The minimum atomic E-state index is -6.71. The van der Waals surface area contributed by atoms with E-state index in [1.54, 1.807) is 0 Å². The lowest BCUT2D eigenvalue weighted by Gasteiger charge is -2.20. The summed E-state index contributed by atoms with van der Waals surface area (Å²) < 4.78 is 118. The van der Waals surface area contributed by atoms with Crippen LogP contribution < -0.4 is 0 Å². The average molecular weight is 378 g/mol. The van der Waals surface area contributed by atoms with Crippen molar-refractivity contribution in [2.45, 2.75) is 22.0 Å². The van der Waals surface area contributed by atoms with E-state index in [1.807, 2.05) is 0 Å². The second kappa shape index (κ2) is 6.44. The predicted molar refractivity (Wildman–Crippen MR) is 59.5 cm³/mol. The van der Waals surface area contributed by atoms with E-state index in [1.165, 1.54) is 0 Å². The number of hydrogen-bond donors (Lipinski definition) is 0. The lowest BCUT2D eigenvalue weighted by molar-refractivity contribution is -0.137. The van der Waals surface area contributed by atoms with Crippen LogP contribution in [0.25, 0.3) is 0 Å². The number of carbonyl (C=O) groups excluding carboxylic acids is 1. The molecule has 0 aromatic carbocycles. The summed E-state index contributed by atoms with van der Waals surface area (Å²) in [6.07, 6.45) is -1.26. The fourth-order valence-corrected chi connectivity index (χ4v) is 4.49. The molecule has 0 unspecified atom stereocenters. The summed E-state index contributed by atoms with van der Waals surface area (Å²) in [7, 11) is -13.4. The van der Waals surface area contributed by atoms with Crippen molar-refractivity contribution in [3.05, 3.63) is 12.7 Å². The average Bonchev–Trinajstić information content (AvgIpc) is 2.30. The molecule has 0 aliphatic carbocycles. The molecule has 0 aliphatic heterocycles. The van der Waals surface area contributed by atoms with E-state index in [-0.39, 0.29) is 0 Å². The molecule has 0 radical (unpaired) electrons. The molecule has 14 heteroatoms. The van der Waals surface area contributed by atoms with Crippen LogP contribution in [-0.2, 0) is 29.2 Å². The van der Waals surface area contributed by atoms with Gasteiger partial charge in [-0.25, -0.2) is 21.6 Å². The van der Waals surface area contributed by atoms with Crippen LogP contribution in [-0.4, -0.2) is 45.0 Å². The number of sulfone groups is 2. The number of rotatable bonds is 6. The molecule has 6 nitrogen and oxygen atoms in total. The van der Waals surface area contributed by atoms with Gasteiger partial charge in [0.2, 0.25) is 0 Å². The number of halogens is 6. The maximum absolute atomic E-state index is 12.3. The first-order valence-electron chi connectivity index (χ1n) is 4.98. The minimum absolute atomic E-state index is 0.492. The van der Waals surface area contributed by atoms with Crippen molar-refractivity contribution in [2.75, 3.05) is 6.61 Å². The van der Waals surface area contributed by atoms with Gasteiger partial charge in [0, 0.05) is 12.5 Å². The summed E-state index contributed by atoms with van der Waals surface area (Å²) in [5, 5.41) is 0. The molecule has 0 aromatic heterocycles. The second-order valence-electron chi connectivity index (χ2n) is 3.57. The van der Waals surface area contributed by atoms with Crippen molar-refractivity contribution in [1.82, 2.24) is 0 Å². The summed E-state index contributed by atoms with van der Waals surface area (Å²) in [5.41, 5.74) is -12.5. The Kier molecular flexibility index (Phi) is 6.05. The lowest BCUT2D eigenvalue weighted by atomic mass is 10.5. The van der Waals surface area contributed by atoms with Gasteiger partial charge < -0.3 is 4.74 Å². The van der Waals surface area contributed by atoms with Gasteiger partial charge in [-0.05, 0) is 0 Å². The maximum Gasteiger partial charge on any atom is 0.498 e. The highest BCUT2D eigenvalue weighted by Gasteiger charge is 2.62. The Labute approximate surface area is 120 Å². The van der Waals surface area contributed by atoms with Gasteiger partial charge in [-0.3, -0.25) is 0 Å². The molecule has 0 aromatic rings. The normalized spacial score (nSPS) is 14.0. The first-order valence-corrected chi connectivity index (χ1v) is 8.07. The highest BCUT2D eigenvalue weighted by atomic mass is 32.3. The van der Waals surface area contributed by atoms with Gasteiger partial charge in [0.25, 0.3) is 19.7 Å². The third-order valence-corrected chi connectivity index (χ3v) is 6.77. The van der Waals surface area contributed by atoms with Crippen LogP contribution in [0.15, 0.2) is 12.7 Å². The Hall–Kier alpha value is -1.31. The molecule has 0 aliphatic rings. The molecule has 22 heavy (non-hydrogen) atoms. The zero-order valence-corrected chi connectivity index (χ0v) is 11.9. The van der Waals surface area contributed by atoms with Crippen molar-refractivity contribution in [2.24, 2.45) is 0 Å². The lowest BCUT2D eigenvalue weighted by Crippen LogP contribution is -2.45. The first kappa shape index (κ1) is 20.7. The monoisotopic (exact) mass is 378 g/mol. The number of carbonyl (C=O) groups is 1. The highest BCUT2D eigenvalue weighted by molar-refractivity contribution is 8.09. The summed E-state index contributed by atoms with van der Waals surface area (Å²) in [4.78, 5) is 10.6. The Morgan fingerprint density at radius 2 is 1.36 bits per heavy atom. The summed E-state index contributed by atoms with van der Waals surface area (Å²) in [6, 6.07) is 0. The molecule has 0 rings (SSSR count). The Balaban J connectivity index is 5.74. The Bertz CT molecular complexity index is 585. The molecule has 0 atom stereocenters. The molecule has 0 bridgehead atoms. The van der Waals surface area contributed by atoms with Gasteiger partial charge in [-0.1, -0.05) is 6.58 Å². The number of esters is 1. The van der Waals surface area contributed by atoms with E-state index in [0.717, 1.165) is 0 Å². The molecule has 0 spiro atoms. The number of ether oxygens (including phenoxy) is 1. The van der Waals surface area contributed by atoms with Gasteiger partial charge in [0.1, 0.15) is 0 Å². The maximum atomic E-state index is 12.3. The number of alkyl halides is 6. The fraction of sp³-hybridized carbons (Fsp3) is 0.625. The SMILES string of the molecule is C=CC(=O)OCCC(S(=O)(=O)C(F)(F)F)S(=O)(=O)C(F)(F)F. The molecular weight excluding hydrogens is 370 g/mol. The topological polar surface area (TPSA) is 94.6 Å². The van der Waals surface area contributed by atoms with E-state index >= 15 is 0 Å². The predicted octanol–water partition coefficient (Wildman–Crippen LogP) is 1.30.